The zero-order chi connectivity index (χ0) is 14.4. The third kappa shape index (κ3) is 4.27. The average Bonchev–Trinajstić information content (AvgIpc) is 2.96. The van der Waals surface area contributed by atoms with Crippen molar-refractivity contribution in [2.45, 2.75) is 30.9 Å². The maximum Gasteiger partial charge on any atom is 0.251 e. The van der Waals surface area contributed by atoms with E-state index in [4.69, 9.17) is 5.73 Å². The minimum absolute atomic E-state index is 0.153. The monoisotopic (exact) mass is 292 g/mol. The molecule has 0 atom stereocenters. The molecule has 1 saturated carbocycles. The molecule has 1 aliphatic carbocycles. The van der Waals surface area contributed by atoms with Crippen molar-refractivity contribution in [2.75, 3.05) is 12.3 Å². The van der Waals surface area contributed by atoms with Gasteiger partial charge in [0.1, 0.15) is 0 Å². The predicted molar refractivity (Wildman–Crippen MR) is 82.0 cm³/mol. The second-order valence-electron chi connectivity index (χ2n) is 4.98. The van der Waals surface area contributed by atoms with Crippen molar-refractivity contribution in [2.24, 2.45) is 5.73 Å². The summed E-state index contributed by atoms with van der Waals surface area (Å²) in [5.74, 6) is 0.267. The maximum atomic E-state index is 11.9. The van der Waals surface area contributed by atoms with Gasteiger partial charge in [-0.2, -0.15) is 11.8 Å². The van der Waals surface area contributed by atoms with Crippen LogP contribution in [-0.2, 0) is 0 Å². The lowest BCUT2D eigenvalue weighted by Gasteiger charge is -2.09. The van der Waals surface area contributed by atoms with Crippen LogP contribution in [0, 0.1) is 0 Å². The molecule has 2 rings (SSSR count). The number of thioether (sulfide) groups is 1. The van der Waals surface area contributed by atoms with Gasteiger partial charge in [-0.15, -0.1) is 0 Å². The van der Waals surface area contributed by atoms with Crippen LogP contribution in [0.3, 0.4) is 0 Å². The SMILES string of the molecule is NC(=O)c1cccc(C(=O)NCCSC2CCCC2)c1. The molecule has 3 N–H and O–H groups in total. The van der Waals surface area contributed by atoms with Gasteiger partial charge in [0, 0.05) is 28.7 Å². The van der Waals surface area contributed by atoms with Crippen LogP contribution in [0.4, 0.5) is 0 Å². The molecule has 0 radical (unpaired) electrons. The highest BCUT2D eigenvalue weighted by Crippen LogP contribution is 2.28. The first-order valence-corrected chi connectivity index (χ1v) is 8.01. The standard InChI is InChI=1S/C15H20N2O2S/c16-14(18)11-4-3-5-12(10-11)15(19)17-8-9-20-13-6-1-2-7-13/h3-5,10,13H,1-2,6-9H2,(H2,16,18)(H,17,19). The number of nitrogens with one attached hydrogen (secondary N) is 1. The summed E-state index contributed by atoms with van der Waals surface area (Å²) >= 11 is 1.94. The molecular formula is C15H20N2O2S. The van der Waals surface area contributed by atoms with Crippen molar-refractivity contribution in [1.82, 2.24) is 5.32 Å². The quantitative estimate of drug-likeness (QED) is 0.789. The molecular weight excluding hydrogens is 272 g/mol. The first kappa shape index (κ1) is 14.9. The Kier molecular flexibility index (Phi) is 5.47. The number of hydrogen-bond acceptors (Lipinski definition) is 3. The second kappa shape index (κ2) is 7.33. The molecule has 0 heterocycles. The Balaban J connectivity index is 1.76. The van der Waals surface area contributed by atoms with Gasteiger partial charge < -0.3 is 11.1 Å². The smallest absolute Gasteiger partial charge is 0.251 e. The fraction of sp³-hybridized carbons (Fsp3) is 0.467. The fourth-order valence-electron chi connectivity index (χ4n) is 2.36. The van der Waals surface area contributed by atoms with Crippen molar-refractivity contribution >= 4 is 23.6 Å². The van der Waals surface area contributed by atoms with Gasteiger partial charge in [0.25, 0.3) is 5.91 Å². The number of primary amides is 1. The van der Waals surface area contributed by atoms with Crippen LogP contribution in [-0.4, -0.2) is 29.4 Å². The van der Waals surface area contributed by atoms with E-state index in [0.29, 0.717) is 17.7 Å². The Morgan fingerprint density at radius 3 is 2.65 bits per heavy atom. The summed E-state index contributed by atoms with van der Waals surface area (Å²) in [6, 6.07) is 6.49. The van der Waals surface area contributed by atoms with E-state index in [2.05, 4.69) is 5.32 Å². The molecule has 20 heavy (non-hydrogen) atoms. The predicted octanol–water partition coefficient (Wildman–Crippen LogP) is 2.19. The van der Waals surface area contributed by atoms with Crippen LogP contribution in [0.5, 0.6) is 0 Å². The first-order valence-electron chi connectivity index (χ1n) is 6.96. The molecule has 4 nitrogen and oxygen atoms in total. The number of benzene rings is 1. The van der Waals surface area contributed by atoms with Gasteiger partial charge >= 0.3 is 0 Å². The molecule has 0 aliphatic heterocycles. The van der Waals surface area contributed by atoms with Gasteiger partial charge in [-0.25, -0.2) is 0 Å². The number of carbonyl (C=O) groups excluding carboxylic acids is 2. The zero-order valence-electron chi connectivity index (χ0n) is 11.4. The molecule has 0 aromatic heterocycles. The van der Waals surface area contributed by atoms with Crippen LogP contribution in [0.1, 0.15) is 46.4 Å². The summed E-state index contributed by atoms with van der Waals surface area (Å²) in [5, 5.41) is 3.65. The Bertz CT molecular complexity index is 485. The summed E-state index contributed by atoms with van der Waals surface area (Å²) in [6.45, 7) is 0.654. The van der Waals surface area contributed by atoms with Crippen LogP contribution < -0.4 is 11.1 Å². The number of carbonyl (C=O) groups is 2. The van der Waals surface area contributed by atoms with E-state index in [-0.39, 0.29) is 5.91 Å². The molecule has 1 fully saturated rings. The Morgan fingerprint density at radius 1 is 1.25 bits per heavy atom. The van der Waals surface area contributed by atoms with Crippen LogP contribution in [0.2, 0.25) is 0 Å². The van der Waals surface area contributed by atoms with E-state index in [0.717, 1.165) is 11.0 Å². The normalized spacial score (nSPS) is 15.2. The van der Waals surface area contributed by atoms with Gasteiger partial charge in [0.05, 0.1) is 0 Å². The Hall–Kier alpha value is -1.49. The number of nitrogens with two attached hydrogens (primary N) is 1. The van der Waals surface area contributed by atoms with E-state index >= 15 is 0 Å². The minimum Gasteiger partial charge on any atom is -0.366 e. The highest BCUT2D eigenvalue weighted by atomic mass is 32.2. The average molecular weight is 292 g/mol. The van der Waals surface area contributed by atoms with Crippen molar-refractivity contribution < 1.29 is 9.59 Å². The van der Waals surface area contributed by atoms with Gasteiger partial charge in [0.2, 0.25) is 5.91 Å². The van der Waals surface area contributed by atoms with E-state index in [1.54, 1.807) is 18.2 Å². The van der Waals surface area contributed by atoms with Gasteiger partial charge in [-0.05, 0) is 31.0 Å². The summed E-state index contributed by atoms with van der Waals surface area (Å²) in [7, 11) is 0. The lowest BCUT2D eigenvalue weighted by molar-refractivity contribution is 0.0956. The number of amides is 2. The lowest BCUT2D eigenvalue weighted by atomic mass is 10.1. The largest absolute Gasteiger partial charge is 0.366 e. The lowest BCUT2D eigenvalue weighted by Crippen LogP contribution is -2.26. The highest BCUT2D eigenvalue weighted by Gasteiger charge is 2.15. The van der Waals surface area contributed by atoms with Crippen molar-refractivity contribution in [3.8, 4) is 0 Å². The van der Waals surface area contributed by atoms with Crippen molar-refractivity contribution in [3.63, 3.8) is 0 Å². The molecule has 0 spiro atoms. The Morgan fingerprint density at radius 2 is 1.95 bits per heavy atom. The van der Waals surface area contributed by atoms with E-state index in [9.17, 15) is 9.59 Å². The zero-order valence-corrected chi connectivity index (χ0v) is 12.2. The summed E-state index contributed by atoms with van der Waals surface area (Å²) < 4.78 is 0. The second-order valence-corrected chi connectivity index (χ2v) is 6.39. The van der Waals surface area contributed by atoms with Gasteiger partial charge in [0.15, 0.2) is 0 Å². The molecule has 5 heteroatoms. The third-order valence-corrected chi connectivity index (χ3v) is 4.84. The molecule has 1 aromatic carbocycles. The van der Waals surface area contributed by atoms with Gasteiger partial charge in [-0.3, -0.25) is 9.59 Å². The van der Waals surface area contributed by atoms with Crippen LogP contribution in [0.15, 0.2) is 24.3 Å². The Labute approximate surface area is 123 Å². The molecule has 0 bridgehead atoms. The molecule has 1 aromatic rings. The summed E-state index contributed by atoms with van der Waals surface area (Å²) in [5.41, 5.74) is 6.04. The fourth-order valence-corrected chi connectivity index (χ4v) is 3.58. The van der Waals surface area contributed by atoms with Crippen LogP contribution >= 0.6 is 11.8 Å². The number of rotatable bonds is 6. The molecule has 108 valence electrons. The van der Waals surface area contributed by atoms with Crippen LogP contribution in [0.25, 0.3) is 0 Å². The number of hydrogen-bond donors (Lipinski definition) is 2. The topological polar surface area (TPSA) is 72.2 Å². The molecule has 1 aliphatic rings. The molecule has 0 unspecified atom stereocenters. The first-order chi connectivity index (χ1) is 9.66. The van der Waals surface area contributed by atoms with E-state index < -0.39 is 5.91 Å². The van der Waals surface area contributed by atoms with Gasteiger partial charge in [-0.1, -0.05) is 18.9 Å². The molecule has 2 amide bonds. The minimum atomic E-state index is -0.517. The van der Waals surface area contributed by atoms with E-state index in [1.165, 1.54) is 31.7 Å². The van der Waals surface area contributed by atoms with Crippen molar-refractivity contribution in [1.29, 1.82) is 0 Å². The maximum absolute atomic E-state index is 11.9. The molecule has 0 saturated heterocycles. The third-order valence-electron chi connectivity index (χ3n) is 3.45. The van der Waals surface area contributed by atoms with E-state index in [1.807, 2.05) is 11.8 Å². The summed E-state index contributed by atoms with van der Waals surface area (Å²) in [4.78, 5) is 23.0. The summed E-state index contributed by atoms with van der Waals surface area (Å²) in [6.07, 6.45) is 5.28. The van der Waals surface area contributed by atoms with Crippen molar-refractivity contribution in [3.05, 3.63) is 35.4 Å². The highest BCUT2D eigenvalue weighted by molar-refractivity contribution is 7.99.